The van der Waals surface area contributed by atoms with Gasteiger partial charge in [-0.25, -0.2) is 19.5 Å². The minimum absolute atomic E-state index is 1.05. The summed E-state index contributed by atoms with van der Waals surface area (Å²) in [5.74, 6) is 0. The summed E-state index contributed by atoms with van der Waals surface area (Å²) >= 11 is 0. The minimum atomic E-state index is -4.45. The number of carbonyl (C=O) groups excluding carboxylic acids is 1. The Balaban J connectivity index is 0.000000249. The quantitative estimate of drug-likeness (QED) is 0.516. The molecule has 4 N–H and O–H groups in total. The van der Waals surface area contributed by atoms with E-state index in [1.54, 1.807) is 18.5 Å². The second-order valence-electron chi connectivity index (χ2n) is 1.85. The third-order valence-corrected chi connectivity index (χ3v) is 1.17. The number of rotatable bonds is 1. The number of urea groups is 1. The van der Waals surface area contributed by atoms with Crippen LogP contribution in [0.1, 0.15) is 0 Å². The lowest BCUT2D eigenvalue weighted by Gasteiger charge is -1.91. The van der Waals surface area contributed by atoms with Gasteiger partial charge in [-0.05, 0) is 6.07 Å². The van der Waals surface area contributed by atoms with Crippen LogP contribution in [0.25, 0.3) is 0 Å². The third kappa shape index (κ3) is 10.3. The van der Waals surface area contributed by atoms with Crippen molar-refractivity contribution in [2.75, 3.05) is 0 Å². The lowest BCUT2D eigenvalue weighted by molar-refractivity contribution is 0.252. The van der Waals surface area contributed by atoms with E-state index in [0.29, 0.717) is 0 Å². The van der Waals surface area contributed by atoms with E-state index in [1.807, 2.05) is 0 Å². The Kier molecular flexibility index (Phi) is 5.10. The van der Waals surface area contributed by atoms with Gasteiger partial charge in [0, 0.05) is 12.4 Å². The van der Waals surface area contributed by atoms with Crippen LogP contribution in [0.2, 0.25) is 0 Å². The molecule has 0 aromatic carbocycles. The molecule has 1 heterocycles. The van der Waals surface area contributed by atoms with Crippen molar-refractivity contribution in [3.63, 3.8) is 0 Å². The van der Waals surface area contributed by atoms with Crippen molar-refractivity contribution in [1.29, 1.82) is 0 Å². The highest BCUT2D eigenvalue weighted by atomic mass is 32.2. The molecule has 14 heavy (non-hydrogen) atoms. The highest BCUT2D eigenvalue weighted by Gasteiger charge is 2.03. The number of nitrogens with zero attached hydrogens (tertiary/aromatic N) is 2. The van der Waals surface area contributed by atoms with Gasteiger partial charge < -0.3 is 5.73 Å². The molecular weight excluding hydrogens is 212 g/mol. The molecule has 0 saturated heterocycles. The lowest BCUT2D eigenvalue weighted by atomic mass is 10.7. The fraction of sp³-hybridized carbons (Fsp3) is 0. The van der Waals surface area contributed by atoms with Crippen LogP contribution in [0, 0.1) is 0 Å². The van der Waals surface area contributed by atoms with E-state index in [9.17, 15) is 13.2 Å². The van der Waals surface area contributed by atoms with Crippen molar-refractivity contribution >= 4 is 16.3 Å². The van der Waals surface area contributed by atoms with Gasteiger partial charge in [-0.1, -0.05) is 0 Å². The maximum Gasteiger partial charge on any atom is 0.361 e. The zero-order chi connectivity index (χ0) is 11.0. The van der Waals surface area contributed by atoms with E-state index in [4.69, 9.17) is 4.55 Å². The summed E-state index contributed by atoms with van der Waals surface area (Å²) in [7, 11) is -4.45. The molecular formula is C5H8N4O4S. The van der Waals surface area contributed by atoms with Gasteiger partial charge in [0.1, 0.15) is 6.33 Å². The van der Waals surface area contributed by atoms with Crippen LogP contribution in [-0.2, 0) is 10.3 Å². The smallest absolute Gasteiger partial charge is 0.351 e. The molecule has 1 aromatic rings. The highest BCUT2D eigenvalue weighted by Crippen LogP contribution is 1.68. The SMILES string of the molecule is NC(=O)NS(=O)(=O)O.c1cncnc1. The molecule has 0 atom stereocenters. The number of amides is 2. The number of hydrogen-bond acceptors (Lipinski definition) is 5. The van der Waals surface area contributed by atoms with Gasteiger partial charge in [-0.3, -0.25) is 4.55 Å². The van der Waals surface area contributed by atoms with E-state index in [1.165, 1.54) is 6.33 Å². The first kappa shape index (κ1) is 12.3. The van der Waals surface area contributed by atoms with Gasteiger partial charge in [-0.15, -0.1) is 0 Å². The van der Waals surface area contributed by atoms with Crippen LogP contribution in [0.4, 0.5) is 4.79 Å². The van der Waals surface area contributed by atoms with Crippen LogP contribution >= 0.6 is 0 Å². The van der Waals surface area contributed by atoms with Gasteiger partial charge in [0.2, 0.25) is 0 Å². The van der Waals surface area contributed by atoms with Crippen LogP contribution in [0.5, 0.6) is 0 Å². The summed E-state index contributed by atoms with van der Waals surface area (Å²) in [5.41, 5.74) is 4.29. The number of nitrogens with one attached hydrogen (secondary N) is 1. The van der Waals surface area contributed by atoms with E-state index >= 15 is 0 Å². The number of hydrogen-bond donors (Lipinski definition) is 3. The van der Waals surface area contributed by atoms with Crippen molar-refractivity contribution in [3.05, 3.63) is 24.8 Å². The molecule has 0 aliphatic rings. The molecule has 1 aromatic heterocycles. The lowest BCUT2D eigenvalue weighted by Crippen LogP contribution is -2.34. The summed E-state index contributed by atoms with van der Waals surface area (Å²) in [6, 6.07) is 0.465. The average molecular weight is 220 g/mol. The first-order valence-corrected chi connectivity index (χ1v) is 4.60. The highest BCUT2D eigenvalue weighted by molar-refractivity contribution is 7.84. The first-order chi connectivity index (χ1) is 6.42. The topological polar surface area (TPSA) is 135 Å². The molecule has 0 unspecified atom stereocenters. The Morgan fingerprint density at radius 1 is 1.36 bits per heavy atom. The van der Waals surface area contributed by atoms with Gasteiger partial charge in [0.15, 0.2) is 0 Å². The summed E-state index contributed by atoms with van der Waals surface area (Å²) in [6.45, 7) is 0. The first-order valence-electron chi connectivity index (χ1n) is 3.16. The van der Waals surface area contributed by atoms with Crippen LogP contribution in [0.15, 0.2) is 24.8 Å². The Morgan fingerprint density at radius 2 is 1.86 bits per heavy atom. The second kappa shape index (κ2) is 5.83. The number of carbonyl (C=O) groups is 1. The van der Waals surface area contributed by atoms with E-state index in [-0.39, 0.29) is 0 Å². The van der Waals surface area contributed by atoms with Crippen molar-refractivity contribution in [2.24, 2.45) is 5.73 Å². The van der Waals surface area contributed by atoms with Gasteiger partial charge in [0.25, 0.3) is 0 Å². The monoisotopic (exact) mass is 220 g/mol. The summed E-state index contributed by atoms with van der Waals surface area (Å²) < 4.78 is 28.0. The second-order valence-corrected chi connectivity index (χ2v) is 3.00. The molecule has 0 spiro atoms. The molecule has 2 amide bonds. The number of aromatic nitrogens is 2. The molecule has 1 rings (SSSR count). The normalized spacial score (nSPS) is 9.50. The Bertz CT molecular complexity index is 338. The maximum atomic E-state index is 9.59. The van der Waals surface area contributed by atoms with Crippen molar-refractivity contribution in [2.45, 2.75) is 0 Å². The van der Waals surface area contributed by atoms with E-state index in [0.717, 1.165) is 4.72 Å². The minimum Gasteiger partial charge on any atom is -0.351 e. The largest absolute Gasteiger partial charge is 0.361 e. The molecule has 8 nitrogen and oxygen atoms in total. The summed E-state index contributed by atoms with van der Waals surface area (Å²) in [5, 5.41) is 0. The Hall–Kier alpha value is -1.74. The molecule has 0 aliphatic carbocycles. The summed E-state index contributed by atoms with van der Waals surface area (Å²) in [4.78, 5) is 16.9. The van der Waals surface area contributed by atoms with Crippen LogP contribution in [0.3, 0.4) is 0 Å². The van der Waals surface area contributed by atoms with Crippen LogP contribution in [-0.4, -0.2) is 29.0 Å². The zero-order valence-corrected chi connectivity index (χ0v) is 7.68. The predicted molar refractivity (Wildman–Crippen MR) is 46.3 cm³/mol. The van der Waals surface area contributed by atoms with E-state index < -0.39 is 16.3 Å². The van der Waals surface area contributed by atoms with E-state index in [2.05, 4.69) is 15.7 Å². The Morgan fingerprint density at radius 3 is 1.93 bits per heavy atom. The summed E-state index contributed by atoms with van der Waals surface area (Å²) in [6.07, 6.45) is 4.88. The standard InChI is InChI=1S/C4H4N2.CH4N2O4S/c1-2-5-4-6-3-1;2-1(4)3-8(5,6)7/h1-4H;(H3,2,3,4)(H,5,6,7). The van der Waals surface area contributed by atoms with Gasteiger partial charge in [-0.2, -0.15) is 8.42 Å². The van der Waals surface area contributed by atoms with Crippen LogP contribution < -0.4 is 10.5 Å². The average Bonchev–Trinajstić information content (AvgIpc) is 2.03. The molecule has 0 aliphatic heterocycles. The maximum absolute atomic E-state index is 9.59. The molecule has 78 valence electrons. The predicted octanol–water partition coefficient (Wildman–Crippen LogP) is -1.07. The third-order valence-electron chi connectivity index (χ3n) is 0.707. The van der Waals surface area contributed by atoms with Crippen molar-refractivity contribution in [3.8, 4) is 0 Å². The zero-order valence-electron chi connectivity index (χ0n) is 6.86. The molecule has 9 heteroatoms. The van der Waals surface area contributed by atoms with Crippen molar-refractivity contribution < 1.29 is 17.8 Å². The van der Waals surface area contributed by atoms with Gasteiger partial charge >= 0.3 is 16.3 Å². The molecule has 0 saturated carbocycles. The molecule has 0 fully saturated rings. The molecule has 0 bridgehead atoms. The van der Waals surface area contributed by atoms with Crippen molar-refractivity contribution in [1.82, 2.24) is 14.7 Å². The molecule has 0 radical (unpaired) electrons. The fourth-order valence-electron chi connectivity index (χ4n) is 0.380. The fourth-order valence-corrected chi connectivity index (χ4v) is 0.635. The Labute approximate surface area is 80.1 Å². The number of nitrogens with two attached hydrogens (primary N) is 1. The van der Waals surface area contributed by atoms with Gasteiger partial charge in [0.05, 0.1) is 0 Å². The number of primary amides is 1.